The molecule has 46 heavy (non-hydrogen) atoms. The van der Waals surface area contributed by atoms with Gasteiger partial charge in [-0.05, 0) is 61.2 Å². The molecule has 2 amide bonds. The smallest absolute Gasteiger partial charge is 0.303 e. The number of hydrogen-bond donors (Lipinski definition) is 3. The molecule has 0 aliphatic carbocycles. The van der Waals surface area contributed by atoms with Crippen molar-refractivity contribution in [2.45, 2.75) is 50.5 Å². The molecule has 3 N–H and O–H groups in total. The standard InChI is InChI=1S/C31H35Cl2N3O2.C4H6O4/c1-23(37)34-31(27-11-7-4-8-12-27)16-19-36(20-17-31)18-15-26(25-13-14-28(32)29(33)21-25)22-35(2)30(38)24-9-5-3-6-10-24;5-3(6)1-2-4(7)8/h3-14,21,26H,15-20,22H2,1-2H3,(H,34,37);1-2H2,(H,5,6)(H,7,8)/t26-;/m1./s1. The van der Waals surface area contributed by atoms with Crippen LogP contribution >= 0.6 is 23.2 Å². The Labute approximate surface area is 280 Å². The van der Waals surface area contributed by atoms with Gasteiger partial charge in [-0.2, -0.15) is 0 Å². The van der Waals surface area contributed by atoms with Gasteiger partial charge in [0.25, 0.3) is 5.91 Å². The van der Waals surface area contributed by atoms with E-state index in [-0.39, 0.29) is 36.1 Å². The molecular weight excluding hydrogens is 629 g/mol. The Bertz CT molecular complexity index is 1450. The number of amides is 2. The molecule has 3 aromatic carbocycles. The summed E-state index contributed by atoms with van der Waals surface area (Å²) >= 11 is 12.6. The zero-order chi connectivity index (χ0) is 33.7. The van der Waals surface area contributed by atoms with Gasteiger partial charge in [0.05, 0.1) is 28.4 Å². The number of carboxylic acid groups (broad SMARTS) is 2. The summed E-state index contributed by atoms with van der Waals surface area (Å²) in [4.78, 5) is 48.7. The van der Waals surface area contributed by atoms with Gasteiger partial charge < -0.3 is 25.3 Å². The number of rotatable bonds is 12. The number of likely N-dealkylation sites (tertiary alicyclic amines) is 1. The summed E-state index contributed by atoms with van der Waals surface area (Å²) in [6.07, 6.45) is 1.97. The Hall–Kier alpha value is -3.92. The second-order valence-corrected chi connectivity index (χ2v) is 12.3. The van der Waals surface area contributed by atoms with Gasteiger partial charge in [0, 0.05) is 45.1 Å². The fraction of sp³-hybridized carbons (Fsp3) is 0.371. The molecule has 4 rings (SSSR count). The lowest BCUT2D eigenvalue weighted by Crippen LogP contribution is -2.52. The predicted octanol–water partition coefficient (Wildman–Crippen LogP) is 6.30. The first kappa shape index (κ1) is 36.5. The fourth-order valence-corrected chi connectivity index (χ4v) is 5.94. The topological polar surface area (TPSA) is 127 Å². The van der Waals surface area contributed by atoms with E-state index in [9.17, 15) is 19.2 Å². The van der Waals surface area contributed by atoms with Crippen LogP contribution < -0.4 is 5.32 Å². The van der Waals surface area contributed by atoms with Crippen LogP contribution in [0.5, 0.6) is 0 Å². The molecule has 1 atom stereocenters. The average Bonchev–Trinajstić information content (AvgIpc) is 3.04. The van der Waals surface area contributed by atoms with Crippen LogP contribution in [0.1, 0.15) is 66.4 Å². The van der Waals surface area contributed by atoms with Crippen LogP contribution in [0, 0.1) is 0 Å². The van der Waals surface area contributed by atoms with Crippen molar-refractivity contribution >= 4 is 47.0 Å². The van der Waals surface area contributed by atoms with E-state index in [0.29, 0.717) is 22.2 Å². The Kier molecular flexibility index (Phi) is 14.1. The molecule has 9 nitrogen and oxygen atoms in total. The van der Waals surface area contributed by atoms with E-state index in [2.05, 4.69) is 22.3 Å². The minimum absolute atomic E-state index is 0.00316. The maximum absolute atomic E-state index is 13.1. The molecule has 0 aromatic heterocycles. The number of carbonyl (C=O) groups excluding carboxylic acids is 2. The van der Waals surface area contributed by atoms with Crippen molar-refractivity contribution in [3.05, 3.63) is 106 Å². The number of carboxylic acids is 2. The number of nitrogens with one attached hydrogen (secondary N) is 1. The maximum atomic E-state index is 13.1. The van der Waals surface area contributed by atoms with Gasteiger partial charge in [-0.1, -0.05) is 77.8 Å². The zero-order valence-electron chi connectivity index (χ0n) is 26.1. The summed E-state index contributed by atoms with van der Waals surface area (Å²) in [5.74, 6) is -2.07. The van der Waals surface area contributed by atoms with Crippen molar-refractivity contribution in [2.75, 3.05) is 33.2 Å². The lowest BCUT2D eigenvalue weighted by atomic mass is 9.80. The third kappa shape index (κ3) is 11.2. The largest absolute Gasteiger partial charge is 0.481 e. The summed E-state index contributed by atoms with van der Waals surface area (Å²) in [5.41, 5.74) is 2.56. The van der Waals surface area contributed by atoms with Crippen LogP contribution in [0.3, 0.4) is 0 Å². The number of aliphatic carboxylic acids is 2. The quantitative estimate of drug-likeness (QED) is 0.206. The van der Waals surface area contributed by atoms with Gasteiger partial charge in [0.1, 0.15) is 0 Å². The molecule has 0 saturated carbocycles. The van der Waals surface area contributed by atoms with E-state index in [1.54, 1.807) is 11.8 Å². The van der Waals surface area contributed by atoms with Crippen molar-refractivity contribution in [3.8, 4) is 0 Å². The second-order valence-electron chi connectivity index (χ2n) is 11.5. The Balaban J connectivity index is 0.000000637. The number of carbonyl (C=O) groups is 4. The maximum Gasteiger partial charge on any atom is 0.303 e. The van der Waals surface area contributed by atoms with Gasteiger partial charge in [-0.25, -0.2) is 0 Å². The Morgan fingerprint density at radius 1 is 0.870 bits per heavy atom. The molecule has 11 heteroatoms. The SMILES string of the molecule is CC(=O)NC1(c2ccccc2)CCN(CC[C@H](CN(C)C(=O)c2ccccc2)c2ccc(Cl)c(Cl)c2)CC1.O=C(O)CCC(=O)O. The van der Waals surface area contributed by atoms with E-state index in [1.165, 1.54) is 0 Å². The average molecular weight is 671 g/mol. The van der Waals surface area contributed by atoms with E-state index in [0.717, 1.165) is 50.0 Å². The van der Waals surface area contributed by atoms with Crippen molar-refractivity contribution in [2.24, 2.45) is 0 Å². The lowest BCUT2D eigenvalue weighted by Gasteiger charge is -2.43. The summed E-state index contributed by atoms with van der Waals surface area (Å²) in [6.45, 7) is 4.79. The van der Waals surface area contributed by atoms with Crippen LogP contribution in [0.25, 0.3) is 0 Å². The highest BCUT2D eigenvalue weighted by Crippen LogP contribution is 2.34. The number of benzene rings is 3. The van der Waals surface area contributed by atoms with Crippen LogP contribution in [-0.2, 0) is 19.9 Å². The molecule has 1 aliphatic heterocycles. The summed E-state index contributed by atoms with van der Waals surface area (Å²) in [5, 5.41) is 20.1. The molecule has 246 valence electrons. The normalized spacial score (nSPS) is 14.7. The molecule has 1 heterocycles. The van der Waals surface area contributed by atoms with Crippen LogP contribution in [-0.4, -0.2) is 77.0 Å². The van der Waals surface area contributed by atoms with Crippen molar-refractivity contribution in [1.82, 2.24) is 15.1 Å². The van der Waals surface area contributed by atoms with Crippen molar-refractivity contribution < 1.29 is 29.4 Å². The highest BCUT2D eigenvalue weighted by molar-refractivity contribution is 6.42. The number of piperidine rings is 1. The van der Waals surface area contributed by atoms with Gasteiger partial charge in [0.15, 0.2) is 0 Å². The first-order valence-electron chi connectivity index (χ1n) is 15.2. The van der Waals surface area contributed by atoms with E-state index >= 15 is 0 Å². The highest BCUT2D eigenvalue weighted by atomic mass is 35.5. The minimum atomic E-state index is -1.08. The Morgan fingerprint density at radius 3 is 1.96 bits per heavy atom. The number of likely N-dealkylation sites (N-methyl/N-ethyl adjacent to an activating group) is 1. The molecule has 0 radical (unpaired) electrons. The summed E-state index contributed by atoms with van der Waals surface area (Å²) < 4.78 is 0. The van der Waals surface area contributed by atoms with E-state index < -0.39 is 11.9 Å². The first-order chi connectivity index (χ1) is 21.9. The first-order valence-corrected chi connectivity index (χ1v) is 15.9. The molecule has 1 aliphatic rings. The molecular formula is C35H41Cl2N3O6. The third-order valence-corrected chi connectivity index (χ3v) is 8.81. The molecule has 1 saturated heterocycles. The molecule has 0 spiro atoms. The van der Waals surface area contributed by atoms with Gasteiger partial charge in [-0.3, -0.25) is 19.2 Å². The number of nitrogens with zero attached hydrogens (tertiary/aromatic N) is 2. The van der Waals surface area contributed by atoms with Crippen LogP contribution in [0.4, 0.5) is 0 Å². The molecule has 3 aromatic rings. The van der Waals surface area contributed by atoms with Crippen molar-refractivity contribution in [3.63, 3.8) is 0 Å². The summed E-state index contributed by atoms with van der Waals surface area (Å²) in [6, 6.07) is 25.4. The van der Waals surface area contributed by atoms with Crippen molar-refractivity contribution in [1.29, 1.82) is 0 Å². The van der Waals surface area contributed by atoms with E-state index in [4.69, 9.17) is 33.4 Å². The van der Waals surface area contributed by atoms with Gasteiger partial charge >= 0.3 is 11.9 Å². The number of halogens is 2. The minimum Gasteiger partial charge on any atom is -0.481 e. The molecule has 0 unspecified atom stereocenters. The highest BCUT2D eigenvalue weighted by Gasteiger charge is 2.37. The van der Waals surface area contributed by atoms with Crippen LogP contribution in [0.2, 0.25) is 10.0 Å². The Morgan fingerprint density at radius 2 is 1.43 bits per heavy atom. The van der Waals surface area contributed by atoms with Gasteiger partial charge in [-0.15, -0.1) is 0 Å². The third-order valence-electron chi connectivity index (χ3n) is 8.07. The van der Waals surface area contributed by atoms with E-state index in [1.807, 2.05) is 73.8 Å². The zero-order valence-corrected chi connectivity index (χ0v) is 27.6. The number of hydrogen-bond acceptors (Lipinski definition) is 5. The van der Waals surface area contributed by atoms with Crippen LogP contribution in [0.15, 0.2) is 78.9 Å². The summed E-state index contributed by atoms with van der Waals surface area (Å²) in [7, 11) is 1.85. The second kappa shape index (κ2) is 17.7. The monoisotopic (exact) mass is 669 g/mol. The lowest BCUT2D eigenvalue weighted by molar-refractivity contribution is -0.143. The molecule has 1 fully saturated rings. The predicted molar refractivity (Wildman–Crippen MR) is 179 cm³/mol. The fourth-order valence-electron chi connectivity index (χ4n) is 5.63. The molecule has 0 bridgehead atoms. The van der Waals surface area contributed by atoms with Gasteiger partial charge in [0.2, 0.25) is 5.91 Å².